The summed E-state index contributed by atoms with van der Waals surface area (Å²) >= 11 is 13.3. The number of nitrogens with one attached hydrogen (secondary N) is 1. The lowest BCUT2D eigenvalue weighted by Gasteiger charge is -2.22. The summed E-state index contributed by atoms with van der Waals surface area (Å²) in [4.78, 5) is 0. The van der Waals surface area contributed by atoms with Crippen molar-refractivity contribution in [1.29, 1.82) is 0 Å². The summed E-state index contributed by atoms with van der Waals surface area (Å²) in [6, 6.07) is 10.7. The van der Waals surface area contributed by atoms with Crippen LogP contribution in [-0.2, 0) is 0 Å². The quantitative estimate of drug-likeness (QED) is 0.609. The van der Waals surface area contributed by atoms with Crippen molar-refractivity contribution >= 4 is 43.5 Å². The molecule has 21 heavy (non-hydrogen) atoms. The molecular formula is C17H18Br2ClN. The van der Waals surface area contributed by atoms with E-state index < -0.39 is 0 Å². The average Bonchev–Trinajstić information content (AvgIpc) is 2.44. The van der Waals surface area contributed by atoms with E-state index in [1.807, 2.05) is 12.1 Å². The third-order valence-electron chi connectivity index (χ3n) is 3.54. The fourth-order valence-corrected chi connectivity index (χ4v) is 3.31. The van der Waals surface area contributed by atoms with Gasteiger partial charge in [0.2, 0.25) is 0 Å². The highest BCUT2D eigenvalue weighted by Crippen LogP contribution is 2.32. The van der Waals surface area contributed by atoms with Gasteiger partial charge in [-0.15, -0.1) is 0 Å². The Kier molecular flexibility index (Phi) is 5.89. The van der Waals surface area contributed by atoms with Crippen molar-refractivity contribution in [2.75, 3.05) is 6.54 Å². The summed E-state index contributed by atoms with van der Waals surface area (Å²) in [5.74, 6) is 0. The van der Waals surface area contributed by atoms with Crippen molar-refractivity contribution in [3.05, 3.63) is 66.6 Å². The van der Waals surface area contributed by atoms with Gasteiger partial charge in [0.25, 0.3) is 0 Å². The maximum absolute atomic E-state index is 6.26. The second kappa shape index (κ2) is 7.28. The molecule has 2 aromatic carbocycles. The molecule has 1 N–H and O–H groups in total. The van der Waals surface area contributed by atoms with Crippen LogP contribution in [0.25, 0.3) is 0 Å². The van der Waals surface area contributed by atoms with Crippen LogP contribution in [0.5, 0.6) is 0 Å². The normalized spacial score (nSPS) is 12.5. The zero-order valence-corrected chi connectivity index (χ0v) is 16.2. The molecule has 0 amide bonds. The molecule has 2 rings (SSSR count). The molecule has 0 aromatic heterocycles. The lowest BCUT2D eigenvalue weighted by molar-refractivity contribution is 0.627. The molecule has 0 heterocycles. The standard InChI is InChI=1S/C17H18Br2ClN/c1-4-21-17(12-5-6-14(18)16(20)9-12)13-7-11(3)15(19)8-10(13)2/h5-9,17,21H,4H2,1-3H3. The van der Waals surface area contributed by atoms with Crippen LogP contribution in [0.4, 0.5) is 0 Å². The first-order chi connectivity index (χ1) is 9.93. The Bertz CT molecular complexity index is 655. The van der Waals surface area contributed by atoms with E-state index in [1.165, 1.54) is 22.3 Å². The van der Waals surface area contributed by atoms with Gasteiger partial charge in [-0.1, -0.05) is 46.6 Å². The molecule has 1 unspecified atom stereocenters. The van der Waals surface area contributed by atoms with Crippen LogP contribution in [-0.4, -0.2) is 6.54 Å². The second-order valence-electron chi connectivity index (χ2n) is 5.12. The Labute approximate surface area is 148 Å². The highest BCUT2D eigenvalue weighted by molar-refractivity contribution is 9.10. The van der Waals surface area contributed by atoms with Gasteiger partial charge in [-0.05, 0) is 76.8 Å². The van der Waals surface area contributed by atoms with E-state index in [0.29, 0.717) is 0 Å². The van der Waals surface area contributed by atoms with E-state index in [1.54, 1.807) is 0 Å². The summed E-state index contributed by atoms with van der Waals surface area (Å²) in [7, 11) is 0. The Hall–Kier alpha value is -0.350. The smallest absolute Gasteiger partial charge is 0.0579 e. The molecule has 0 saturated carbocycles. The maximum Gasteiger partial charge on any atom is 0.0579 e. The van der Waals surface area contributed by atoms with Gasteiger partial charge < -0.3 is 5.32 Å². The van der Waals surface area contributed by atoms with Crippen LogP contribution < -0.4 is 5.32 Å². The summed E-state index contributed by atoms with van der Waals surface area (Å²) in [6.45, 7) is 7.27. The highest BCUT2D eigenvalue weighted by Gasteiger charge is 2.17. The topological polar surface area (TPSA) is 12.0 Å². The third-order valence-corrected chi connectivity index (χ3v) is 5.63. The monoisotopic (exact) mass is 429 g/mol. The SMILES string of the molecule is CCNC(c1ccc(Br)c(Cl)c1)c1cc(C)c(Br)cc1C. The van der Waals surface area contributed by atoms with E-state index in [-0.39, 0.29) is 6.04 Å². The minimum atomic E-state index is 0.146. The van der Waals surface area contributed by atoms with Crippen molar-refractivity contribution in [1.82, 2.24) is 5.32 Å². The van der Waals surface area contributed by atoms with E-state index in [9.17, 15) is 0 Å². The predicted molar refractivity (Wildman–Crippen MR) is 98.3 cm³/mol. The molecule has 2 aromatic rings. The molecule has 0 spiro atoms. The van der Waals surface area contributed by atoms with Gasteiger partial charge in [-0.3, -0.25) is 0 Å². The van der Waals surface area contributed by atoms with Gasteiger partial charge in [0.05, 0.1) is 11.1 Å². The molecule has 1 atom stereocenters. The predicted octanol–water partition coefficient (Wildman–Crippen LogP) is 6.18. The molecule has 4 heteroatoms. The van der Waals surface area contributed by atoms with E-state index in [2.05, 4.69) is 76.1 Å². The first kappa shape index (κ1) is 17.0. The zero-order valence-electron chi connectivity index (χ0n) is 12.3. The first-order valence-corrected chi connectivity index (χ1v) is 8.85. The van der Waals surface area contributed by atoms with Crippen molar-refractivity contribution in [2.24, 2.45) is 0 Å². The molecular weight excluding hydrogens is 413 g/mol. The Balaban J connectivity index is 2.52. The van der Waals surface area contributed by atoms with Crippen molar-refractivity contribution in [2.45, 2.75) is 26.8 Å². The lowest BCUT2D eigenvalue weighted by atomic mass is 9.93. The van der Waals surface area contributed by atoms with Gasteiger partial charge in [0.15, 0.2) is 0 Å². The number of benzene rings is 2. The van der Waals surface area contributed by atoms with E-state index in [0.717, 1.165) is 20.5 Å². The second-order valence-corrected chi connectivity index (χ2v) is 7.24. The van der Waals surface area contributed by atoms with E-state index >= 15 is 0 Å². The summed E-state index contributed by atoms with van der Waals surface area (Å²) in [5.41, 5.74) is 4.96. The number of hydrogen-bond acceptors (Lipinski definition) is 1. The molecule has 112 valence electrons. The van der Waals surface area contributed by atoms with Crippen LogP contribution in [0.1, 0.15) is 35.2 Å². The van der Waals surface area contributed by atoms with Crippen LogP contribution in [0.2, 0.25) is 5.02 Å². The number of hydrogen-bond donors (Lipinski definition) is 1. The van der Waals surface area contributed by atoms with Crippen LogP contribution in [0.15, 0.2) is 39.3 Å². The maximum atomic E-state index is 6.26. The zero-order chi connectivity index (χ0) is 15.6. The molecule has 0 radical (unpaired) electrons. The minimum absolute atomic E-state index is 0.146. The average molecular weight is 432 g/mol. The van der Waals surface area contributed by atoms with Gasteiger partial charge >= 0.3 is 0 Å². The van der Waals surface area contributed by atoms with Gasteiger partial charge in [-0.25, -0.2) is 0 Å². The molecule has 0 fully saturated rings. The van der Waals surface area contributed by atoms with Crippen molar-refractivity contribution in [3.63, 3.8) is 0 Å². The molecule has 0 saturated heterocycles. The first-order valence-electron chi connectivity index (χ1n) is 6.89. The number of halogens is 3. The van der Waals surface area contributed by atoms with Gasteiger partial charge in [0.1, 0.15) is 0 Å². The molecule has 0 bridgehead atoms. The van der Waals surface area contributed by atoms with E-state index in [4.69, 9.17) is 11.6 Å². The lowest BCUT2D eigenvalue weighted by Crippen LogP contribution is -2.23. The Morgan fingerprint density at radius 1 is 1.05 bits per heavy atom. The fraction of sp³-hybridized carbons (Fsp3) is 0.294. The Morgan fingerprint density at radius 2 is 1.76 bits per heavy atom. The summed E-state index contributed by atoms with van der Waals surface area (Å²) in [6.07, 6.45) is 0. The molecule has 0 aliphatic heterocycles. The van der Waals surface area contributed by atoms with Gasteiger partial charge in [-0.2, -0.15) is 0 Å². The molecule has 0 aliphatic rings. The summed E-state index contributed by atoms with van der Waals surface area (Å²) < 4.78 is 2.07. The van der Waals surface area contributed by atoms with Gasteiger partial charge in [0, 0.05) is 8.95 Å². The Morgan fingerprint density at radius 3 is 2.38 bits per heavy atom. The van der Waals surface area contributed by atoms with Crippen LogP contribution in [0, 0.1) is 13.8 Å². The summed E-state index contributed by atoms with van der Waals surface area (Å²) in [5, 5.41) is 4.30. The molecule has 0 aliphatic carbocycles. The van der Waals surface area contributed by atoms with Crippen molar-refractivity contribution in [3.8, 4) is 0 Å². The highest BCUT2D eigenvalue weighted by atomic mass is 79.9. The largest absolute Gasteiger partial charge is 0.307 e. The third kappa shape index (κ3) is 3.89. The van der Waals surface area contributed by atoms with Crippen LogP contribution >= 0.6 is 43.5 Å². The number of aryl methyl sites for hydroxylation is 2. The van der Waals surface area contributed by atoms with Crippen molar-refractivity contribution < 1.29 is 0 Å². The number of rotatable bonds is 4. The minimum Gasteiger partial charge on any atom is -0.307 e. The fourth-order valence-electron chi connectivity index (χ4n) is 2.42. The molecule has 1 nitrogen and oxygen atoms in total. The van der Waals surface area contributed by atoms with Crippen LogP contribution in [0.3, 0.4) is 0 Å².